The molecule has 0 aliphatic heterocycles. The normalized spacial score (nSPS) is 31.2. The summed E-state index contributed by atoms with van der Waals surface area (Å²) in [5.41, 5.74) is 0. The van der Waals surface area contributed by atoms with Gasteiger partial charge in [-0.2, -0.15) is 0 Å². The molecule has 0 aromatic heterocycles. The average molecular weight is 236 g/mol. The second kappa shape index (κ2) is 6.23. The molecule has 17 heavy (non-hydrogen) atoms. The summed E-state index contributed by atoms with van der Waals surface area (Å²) >= 11 is 0. The summed E-state index contributed by atoms with van der Waals surface area (Å²) in [6, 6.07) is 0. The van der Waals surface area contributed by atoms with Gasteiger partial charge in [0.2, 0.25) is 0 Å². The fraction of sp³-hybridized carbons (Fsp3) is 0.800. The number of esters is 1. The van der Waals surface area contributed by atoms with Crippen molar-refractivity contribution in [3.05, 3.63) is 12.2 Å². The summed E-state index contributed by atoms with van der Waals surface area (Å²) in [7, 11) is 1.45. The van der Waals surface area contributed by atoms with Crippen molar-refractivity contribution >= 4 is 5.97 Å². The van der Waals surface area contributed by atoms with Crippen LogP contribution in [0.2, 0.25) is 0 Å². The molecule has 0 aromatic carbocycles. The van der Waals surface area contributed by atoms with Crippen molar-refractivity contribution in [2.24, 2.45) is 17.8 Å². The number of carbonyl (C=O) groups is 1. The van der Waals surface area contributed by atoms with Gasteiger partial charge in [0.15, 0.2) is 0 Å². The number of rotatable bonds is 6. The van der Waals surface area contributed by atoms with Gasteiger partial charge in [-0.25, -0.2) is 0 Å². The van der Waals surface area contributed by atoms with Crippen LogP contribution in [0.25, 0.3) is 0 Å². The fourth-order valence-electron chi connectivity index (χ4n) is 3.52. The van der Waals surface area contributed by atoms with Gasteiger partial charge >= 0.3 is 5.97 Å². The molecule has 2 aliphatic rings. The maximum atomic E-state index is 10.9. The van der Waals surface area contributed by atoms with Gasteiger partial charge in [-0.1, -0.05) is 18.6 Å². The van der Waals surface area contributed by atoms with E-state index in [1.54, 1.807) is 0 Å². The third-order valence-corrected chi connectivity index (χ3v) is 4.47. The number of unbranched alkanes of at least 4 members (excludes halogenated alkanes) is 1. The van der Waals surface area contributed by atoms with Crippen LogP contribution < -0.4 is 0 Å². The molecule has 96 valence electrons. The predicted octanol–water partition coefficient (Wildman–Crippen LogP) is 3.71. The number of allylic oxidation sites excluding steroid dienone is 2. The van der Waals surface area contributed by atoms with E-state index in [9.17, 15) is 4.79 Å². The van der Waals surface area contributed by atoms with Crippen molar-refractivity contribution in [3.63, 3.8) is 0 Å². The van der Waals surface area contributed by atoms with E-state index >= 15 is 0 Å². The lowest BCUT2D eigenvalue weighted by molar-refractivity contribution is -0.140. The number of methoxy groups -OCH3 is 1. The van der Waals surface area contributed by atoms with Gasteiger partial charge < -0.3 is 4.74 Å². The van der Waals surface area contributed by atoms with Crippen molar-refractivity contribution in [3.8, 4) is 0 Å². The lowest BCUT2D eigenvalue weighted by Gasteiger charge is -2.19. The summed E-state index contributed by atoms with van der Waals surface area (Å²) in [4.78, 5) is 10.9. The minimum atomic E-state index is -0.0912. The number of fused-ring (bicyclic) bond motifs is 2. The second-order valence-corrected chi connectivity index (χ2v) is 5.61. The molecule has 3 atom stereocenters. The van der Waals surface area contributed by atoms with E-state index in [1.165, 1.54) is 39.2 Å². The van der Waals surface area contributed by atoms with Crippen molar-refractivity contribution in [2.75, 3.05) is 7.11 Å². The van der Waals surface area contributed by atoms with E-state index < -0.39 is 0 Å². The van der Waals surface area contributed by atoms with E-state index in [2.05, 4.69) is 16.9 Å². The Bertz CT molecular complexity index is 283. The molecule has 2 unspecified atom stereocenters. The van der Waals surface area contributed by atoms with E-state index in [4.69, 9.17) is 0 Å². The smallest absolute Gasteiger partial charge is 0.305 e. The molecular weight excluding hydrogens is 212 g/mol. The molecule has 2 heteroatoms. The van der Waals surface area contributed by atoms with Crippen LogP contribution in [0.15, 0.2) is 12.2 Å². The van der Waals surface area contributed by atoms with E-state index in [0.717, 1.165) is 30.6 Å². The van der Waals surface area contributed by atoms with Crippen molar-refractivity contribution in [1.29, 1.82) is 0 Å². The highest BCUT2D eigenvalue weighted by Gasteiger charge is 2.38. The monoisotopic (exact) mass is 236 g/mol. The fourth-order valence-corrected chi connectivity index (χ4v) is 3.52. The van der Waals surface area contributed by atoms with Crippen LogP contribution >= 0.6 is 0 Å². The number of hydrogen-bond acceptors (Lipinski definition) is 2. The number of ether oxygens (including phenoxy) is 1. The minimum Gasteiger partial charge on any atom is -0.469 e. The van der Waals surface area contributed by atoms with Gasteiger partial charge in [0.05, 0.1) is 7.11 Å². The molecule has 2 aliphatic carbocycles. The highest BCUT2D eigenvalue weighted by Crippen LogP contribution is 2.49. The minimum absolute atomic E-state index is 0.0912. The first-order valence-corrected chi connectivity index (χ1v) is 7.01. The Morgan fingerprint density at radius 2 is 2.18 bits per heavy atom. The van der Waals surface area contributed by atoms with Gasteiger partial charge in [-0.05, 0) is 56.3 Å². The molecule has 2 fully saturated rings. The van der Waals surface area contributed by atoms with Crippen LogP contribution in [-0.4, -0.2) is 13.1 Å². The van der Waals surface area contributed by atoms with Gasteiger partial charge in [-0.3, -0.25) is 4.79 Å². The molecule has 0 N–H and O–H groups in total. The van der Waals surface area contributed by atoms with Gasteiger partial charge in [0, 0.05) is 6.42 Å². The van der Waals surface area contributed by atoms with Crippen LogP contribution in [0, 0.1) is 17.8 Å². The first-order valence-electron chi connectivity index (χ1n) is 7.01. The summed E-state index contributed by atoms with van der Waals surface area (Å²) in [5.74, 6) is 2.95. The molecule has 0 saturated heterocycles. The molecule has 2 saturated carbocycles. The van der Waals surface area contributed by atoms with E-state index in [0.29, 0.717) is 6.42 Å². The molecule has 2 nitrogen and oxygen atoms in total. The lowest BCUT2D eigenvalue weighted by atomic mass is 9.86. The van der Waals surface area contributed by atoms with E-state index in [1.807, 2.05) is 0 Å². The molecule has 2 rings (SSSR count). The van der Waals surface area contributed by atoms with Crippen LogP contribution in [0.4, 0.5) is 0 Å². The first kappa shape index (κ1) is 12.7. The van der Waals surface area contributed by atoms with Crippen molar-refractivity contribution in [2.45, 2.75) is 51.4 Å². The van der Waals surface area contributed by atoms with Gasteiger partial charge in [0.25, 0.3) is 0 Å². The van der Waals surface area contributed by atoms with Crippen molar-refractivity contribution in [1.82, 2.24) is 0 Å². The lowest BCUT2D eigenvalue weighted by Crippen LogP contribution is -2.08. The largest absolute Gasteiger partial charge is 0.469 e. The zero-order valence-corrected chi connectivity index (χ0v) is 10.9. The average Bonchev–Trinajstić information content (AvgIpc) is 2.95. The third-order valence-electron chi connectivity index (χ3n) is 4.47. The first-order chi connectivity index (χ1) is 8.29. The topological polar surface area (TPSA) is 26.3 Å². The maximum Gasteiger partial charge on any atom is 0.305 e. The Kier molecular flexibility index (Phi) is 4.64. The quantitative estimate of drug-likeness (QED) is 0.399. The predicted molar refractivity (Wildman–Crippen MR) is 68.6 cm³/mol. The zero-order chi connectivity index (χ0) is 12.1. The van der Waals surface area contributed by atoms with Gasteiger partial charge in [0.1, 0.15) is 0 Å². The molecule has 2 bridgehead atoms. The summed E-state index contributed by atoms with van der Waals surface area (Å²) in [6.45, 7) is 0. The zero-order valence-electron chi connectivity index (χ0n) is 10.9. The van der Waals surface area contributed by atoms with Crippen LogP contribution in [0.3, 0.4) is 0 Å². The Labute approximate surface area is 104 Å². The molecule has 0 spiro atoms. The van der Waals surface area contributed by atoms with Crippen LogP contribution in [0.1, 0.15) is 51.4 Å². The highest BCUT2D eigenvalue weighted by molar-refractivity contribution is 5.68. The molecule has 0 amide bonds. The summed E-state index contributed by atoms with van der Waals surface area (Å²) in [6.07, 6.45) is 14.3. The molecule has 0 aromatic rings. The van der Waals surface area contributed by atoms with E-state index in [-0.39, 0.29) is 5.97 Å². The Hall–Kier alpha value is -0.790. The van der Waals surface area contributed by atoms with Crippen molar-refractivity contribution < 1.29 is 9.53 Å². The maximum absolute atomic E-state index is 10.9. The standard InChI is InChI=1S/C15H24O2/c1-17-15(16)7-5-3-2-4-6-13-10-12-8-9-14(13)11-12/h2,4,12-14H,3,5-11H2,1H3/b4-2-/t12-,13?,14?/m0/s1. The van der Waals surface area contributed by atoms with Crippen LogP contribution in [0.5, 0.6) is 0 Å². The summed E-state index contributed by atoms with van der Waals surface area (Å²) < 4.78 is 4.61. The number of hydrogen-bond donors (Lipinski definition) is 0. The Morgan fingerprint density at radius 1 is 1.29 bits per heavy atom. The highest BCUT2D eigenvalue weighted by atomic mass is 16.5. The SMILES string of the molecule is COC(=O)CCC/C=C\CC1C[C@@H]2CCC1C2. The Morgan fingerprint density at radius 3 is 2.82 bits per heavy atom. The molecule has 0 heterocycles. The van der Waals surface area contributed by atoms with Gasteiger partial charge in [-0.15, -0.1) is 0 Å². The second-order valence-electron chi connectivity index (χ2n) is 5.61. The molecule has 0 radical (unpaired) electrons. The number of carbonyl (C=O) groups excluding carboxylic acids is 1. The van der Waals surface area contributed by atoms with Crippen LogP contribution in [-0.2, 0) is 9.53 Å². The molecular formula is C15H24O2. The summed E-state index contributed by atoms with van der Waals surface area (Å²) in [5, 5.41) is 0. The Balaban J connectivity index is 1.54. The third kappa shape index (κ3) is 3.58.